The topological polar surface area (TPSA) is 41.6 Å². The van der Waals surface area contributed by atoms with E-state index in [-0.39, 0.29) is 12.1 Å². The van der Waals surface area contributed by atoms with Gasteiger partial charge in [0.05, 0.1) is 7.11 Å². The Kier molecular flexibility index (Phi) is 7.14. The Morgan fingerprint density at radius 1 is 1.20 bits per heavy atom. The van der Waals surface area contributed by atoms with E-state index in [2.05, 4.69) is 12.2 Å². The smallest absolute Gasteiger partial charge is 0.317 e. The summed E-state index contributed by atoms with van der Waals surface area (Å²) in [4.78, 5) is 14.4. The minimum atomic E-state index is -0.0802. The molecule has 0 heterocycles. The summed E-state index contributed by atoms with van der Waals surface area (Å²) in [6.45, 7) is 5.11. The van der Waals surface area contributed by atoms with Gasteiger partial charge in [-0.3, -0.25) is 0 Å². The molecule has 2 amide bonds. The zero-order valence-corrected chi connectivity index (χ0v) is 15.7. The molecule has 0 aliphatic carbocycles. The van der Waals surface area contributed by atoms with Crippen molar-refractivity contribution >= 4 is 17.6 Å². The van der Waals surface area contributed by atoms with Gasteiger partial charge in [0, 0.05) is 24.2 Å². The Morgan fingerprint density at radius 3 is 2.48 bits per heavy atom. The van der Waals surface area contributed by atoms with Crippen LogP contribution in [0.5, 0.6) is 5.75 Å². The molecule has 0 saturated carbocycles. The molecule has 0 aromatic heterocycles. The summed E-state index contributed by atoms with van der Waals surface area (Å²) < 4.78 is 5.18. The van der Waals surface area contributed by atoms with E-state index < -0.39 is 0 Å². The van der Waals surface area contributed by atoms with Crippen LogP contribution in [0.15, 0.2) is 48.5 Å². The third-order valence-electron chi connectivity index (χ3n) is 4.21. The normalized spacial score (nSPS) is 11.7. The Morgan fingerprint density at radius 2 is 1.88 bits per heavy atom. The summed E-state index contributed by atoms with van der Waals surface area (Å²) >= 11 is 6.14. The summed E-state index contributed by atoms with van der Waals surface area (Å²) in [6.07, 6.45) is 0.789. The molecule has 0 spiro atoms. The van der Waals surface area contributed by atoms with Crippen molar-refractivity contribution in [2.45, 2.75) is 32.9 Å². The number of carbonyl (C=O) groups is 1. The van der Waals surface area contributed by atoms with Gasteiger partial charge in [-0.2, -0.15) is 0 Å². The second-order valence-electron chi connectivity index (χ2n) is 5.94. The van der Waals surface area contributed by atoms with Crippen LogP contribution >= 0.6 is 11.6 Å². The van der Waals surface area contributed by atoms with Gasteiger partial charge in [-0.05, 0) is 49.6 Å². The van der Waals surface area contributed by atoms with E-state index in [1.165, 1.54) is 5.56 Å². The highest BCUT2D eigenvalue weighted by molar-refractivity contribution is 6.31. The Labute approximate surface area is 154 Å². The molecule has 4 nitrogen and oxygen atoms in total. The largest absolute Gasteiger partial charge is 0.497 e. The number of nitrogens with zero attached hydrogens (tertiary/aromatic N) is 1. The van der Waals surface area contributed by atoms with Crippen LogP contribution < -0.4 is 10.1 Å². The highest BCUT2D eigenvalue weighted by Crippen LogP contribution is 2.16. The molecule has 1 atom stereocenters. The number of nitrogens with one attached hydrogen (secondary N) is 1. The Balaban J connectivity index is 1.94. The van der Waals surface area contributed by atoms with Crippen LogP contribution in [0.4, 0.5) is 4.79 Å². The summed E-state index contributed by atoms with van der Waals surface area (Å²) in [5.41, 5.74) is 2.09. The van der Waals surface area contributed by atoms with Crippen molar-refractivity contribution < 1.29 is 9.53 Å². The average molecular weight is 361 g/mol. The van der Waals surface area contributed by atoms with Crippen LogP contribution in [-0.2, 0) is 13.0 Å². The van der Waals surface area contributed by atoms with Crippen molar-refractivity contribution in [1.29, 1.82) is 0 Å². The van der Waals surface area contributed by atoms with E-state index in [9.17, 15) is 4.79 Å². The maximum absolute atomic E-state index is 12.5. The van der Waals surface area contributed by atoms with Crippen LogP contribution in [0, 0.1) is 0 Å². The molecule has 2 rings (SSSR count). The van der Waals surface area contributed by atoms with E-state index in [4.69, 9.17) is 16.3 Å². The van der Waals surface area contributed by atoms with Crippen molar-refractivity contribution in [1.82, 2.24) is 10.2 Å². The molecule has 25 heavy (non-hydrogen) atoms. The number of likely N-dealkylation sites (N-methyl/N-ethyl adjacent to an activating group) is 1. The molecule has 0 aliphatic rings. The van der Waals surface area contributed by atoms with E-state index >= 15 is 0 Å². The molecular formula is C20H25ClN2O2. The summed E-state index contributed by atoms with van der Waals surface area (Å²) in [7, 11) is 1.65. The van der Waals surface area contributed by atoms with Gasteiger partial charge in [-0.25, -0.2) is 4.79 Å². The number of hydrogen-bond donors (Lipinski definition) is 1. The quantitative estimate of drug-likeness (QED) is 0.789. The fraction of sp³-hybridized carbons (Fsp3) is 0.350. The third-order valence-corrected chi connectivity index (χ3v) is 4.58. The predicted octanol–water partition coefficient (Wildman–Crippen LogP) is 4.51. The van der Waals surface area contributed by atoms with Crippen LogP contribution in [0.25, 0.3) is 0 Å². The highest BCUT2D eigenvalue weighted by atomic mass is 35.5. The van der Waals surface area contributed by atoms with Crippen molar-refractivity contribution in [2.75, 3.05) is 13.7 Å². The van der Waals surface area contributed by atoms with Crippen molar-refractivity contribution in [3.8, 4) is 5.75 Å². The van der Waals surface area contributed by atoms with Crippen LogP contribution in [0.2, 0.25) is 5.02 Å². The minimum Gasteiger partial charge on any atom is -0.497 e. The number of halogens is 1. The molecule has 0 aliphatic heterocycles. The summed E-state index contributed by atoms with van der Waals surface area (Å²) in [6, 6.07) is 15.5. The maximum atomic E-state index is 12.5. The SMILES string of the molecule is CCN(C(=O)NCc1ccccc1Cl)C(C)Cc1ccc(OC)cc1. The second-order valence-corrected chi connectivity index (χ2v) is 6.34. The predicted molar refractivity (Wildman–Crippen MR) is 102 cm³/mol. The van der Waals surface area contributed by atoms with E-state index in [0.717, 1.165) is 17.7 Å². The fourth-order valence-electron chi connectivity index (χ4n) is 2.78. The molecule has 0 saturated heterocycles. The van der Waals surface area contributed by atoms with Crippen LogP contribution in [-0.4, -0.2) is 30.6 Å². The van der Waals surface area contributed by atoms with Gasteiger partial charge >= 0.3 is 6.03 Å². The zero-order valence-electron chi connectivity index (χ0n) is 15.0. The number of rotatable bonds is 7. The standard InChI is InChI=1S/C20H25ClN2O2/c1-4-23(15(2)13-16-9-11-18(25-3)12-10-16)20(24)22-14-17-7-5-6-8-19(17)21/h5-12,15H,4,13-14H2,1-3H3,(H,22,24). The molecule has 0 radical (unpaired) electrons. The van der Waals surface area contributed by atoms with Crippen LogP contribution in [0.1, 0.15) is 25.0 Å². The molecule has 2 aromatic carbocycles. The first-order valence-electron chi connectivity index (χ1n) is 8.46. The van der Waals surface area contributed by atoms with Gasteiger partial charge in [0.1, 0.15) is 5.75 Å². The number of carbonyl (C=O) groups excluding carboxylic acids is 1. The van der Waals surface area contributed by atoms with Gasteiger partial charge in [0.25, 0.3) is 0 Å². The monoisotopic (exact) mass is 360 g/mol. The molecular weight excluding hydrogens is 336 g/mol. The molecule has 1 unspecified atom stereocenters. The Hall–Kier alpha value is -2.20. The molecule has 2 aromatic rings. The number of benzene rings is 2. The van der Waals surface area contributed by atoms with Gasteiger partial charge in [0.2, 0.25) is 0 Å². The average Bonchev–Trinajstić information content (AvgIpc) is 2.62. The van der Waals surface area contributed by atoms with Gasteiger partial charge in [-0.15, -0.1) is 0 Å². The number of methoxy groups -OCH3 is 1. The molecule has 0 fully saturated rings. The lowest BCUT2D eigenvalue weighted by atomic mass is 10.1. The molecule has 0 bridgehead atoms. The first-order valence-corrected chi connectivity index (χ1v) is 8.83. The minimum absolute atomic E-state index is 0.0802. The highest BCUT2D eigenvalue weighted by Gasteiger charge is 2.18. The number of ether oxygens (including phenoxy) is 1. The van der Waals surface area contributed by atoms with E-state index in [1.807, 2.05) is 60.4 Å². The van der Waals surface area contributed by atoms with Crippen molar-refractivity contribution in [3.63, 3.8) is 0 Å². The lowest BCUT2D eigenvalue weighted by Gasteiger charge is -2.28. The van der Waals surface area contributed by atoms with Gasteiger partial charge < -0.3 is 15.0 Å². The second kappa shape index (κ2) is 9.33. The lowest BCUT2D eigenvalue weighted by Crippen LogP contribution is -2.45. The molecule has 1 N–H and O–H groups in total. The van der Waals surface area contributed by atoms with Crippen LogP contribution in [0.3, 0.4) is 0 Å². The Bertz CT molecular complexity index is 688. The molecule has 134 valence electrons. The fourth-order valence-corrected chi connectivity index (χ4v) is 2.99. The number of amides is 2. The number of hydrogen-bond acceptors (Lipinski definition) is 2. The zero-order chi connectivity index (χ0) is 18.2. The first kappa shape index (κ1) is 19.1. The first-order chi connectivity index (χ1) is 12.0. The van der Waals surface area contributed by atoms with Gasteiger partial charge in [-0.1, -0.05) is 41.9 Å². The maximum Gasteiger partial charge on any atom is 0.317 e. The van der Waals surface area contributed by atoms with E-state index in [1.54, 1.807) is 7.11 Å². The van der Waals surface area contributed by atoms with Crippen molar-refractivity contribution in [3.05, 3.63) is 64.7 Å². The van der Waals surface area contributed by atoms with Gasteiger partial charge in [0.15, 0.2) is 0 Å². The van der Waals surface area contributed by atoms with E-state index in [0.29, 0.717) is 18.1 Å². The van der Waals surface area contributed by atoms with Crippen molar-refractivity contribution in [2.24, 2.45) is 0 Å². The molecule has 5 heteroatoms. The third kappa shape index (κ3) is 5.40. The number of urea groups is 1. The summed E-state index contributed by atoms with van der Waals surface area (Å²) in [5.74, 6) is 0.834. The summed E-state index contributed by atoms with van der Waals surface area (Å²) in [5, 5.41) is 3.62. The lowest BCUT2D eigenvalue weighted by molar-refractivity contribution is 0.181.